The smallest absolute Gasteiger partial charge is 0.259 e. The summed E-state index contributed by atoms with van der Waals surface area (Å²) in [6.07, 6.45) is 3.28. The summed E-state index contributed by atoms with van der Waals surface area (Å²) < 4.78 is 32.7. The van der Waals surface area contributed by atoms with E-state index in [0.717, 1.165) is 42.5 Å². The number of methoxy groups -OCH3 is 1. The molecule has 0 aliphatic carbocycles. The van der Waals surface area contributed by atoms with Crippen LogP contribution in [-0.2, 0) is 22.9 Å². The highest BCUT2D eigenvalue weighted by atomic mass is 32.2. The maximum Gasteiger partial charge on any atom is 0.259 e. The van der Waals surface area contributed by atoms with E-state index in [2.05, 4.69) is 5.32 Å². The molecule has 0 unspecified atom stereocenters. The van der Waals surface area contributed by atoms with Gasteiger partial charge in [-0.2, -0.15) is 4.31 Å². The van der Waals surface area contributed by atoms with Gasteiger partial charge in [0.1, 0.15) is 5.75 Å². The zero-order valence-electron chi connectivity index (χ0n) is 17.2. The third-order valence-corrected chi connectivity index (χ3v) is 7.25. The van der Waals surface area contributed by atoms with Crippen molar-refractivity contribution in [3.63, 3.8) is 0 Å². The van der Waals surface area contributed by atoms with Crippen LogP contribution in [0.1, 0.15) is 48.2 Å². The van der Waals surface area contributed by atoms with Crippen LogP contribution in [0.5, 0.6) is 5.75 Å². The Morgan fingerprint density at radius 2 is 1.69 bits per heavy atom. The Kier molecular flexibility index (Phi) is 6.59. The molecule has 1 saturated heterocycles. The van der Waals surface area contributed by atoms with Gasteiger partial charge in [0.05, 0.1) is 17.6 Å². The predicted molar refractivity (Wildman–Crippen MR) is 114 cm³/mol. The van der Waals surface area contributed by atoms with Gasteiger partial charge in [0.15, 0.2) is 0 Å². The average molecular weight is 417 g/mol. The van der Waals surface area contributed by atoms with Crippen molar-refractivity contribution in [3.8, 4) is 5.75 Å². The minimum Gasteiger partial charge on any atom is -0.496 e. The summed E-state index contributed by atoms with van der Waals surface area (Å²) >= 11 is 0. The highest BCUT2D eigenvalue weighted by Crippen LogP contribution is 2.29. The maximum absolute atomic E-state index is 13.1. The maximum atomic E-state index is 13.1. The Morgan fingerprint density at radius 3 is 2.24 bits per heavy atom. The Labute approximate surface area is 172 Å². The van der Waals surface area contributed by atoms with Gasteiger partial charge in [0, 0.05) is 18.8 Å². The highest BCUT2D eigenvalue weighted by molar-refractivity contribution is 7.89. The van der Waals surface area contributed by atoms with Crippen molar-refractivity contribution in [2.75, 3.05) is 25.5 Å². The first-order valence-electron chi connectivity index (χ1n) is 10.0. The average Bonchev–Trinajstić information content (AvgIpc) is 3.29. The number of amides is 1. The number of hydrogen-bond acceptors (Lipinski definition) is 4. The number of carbonyl (C=O) groups is 1. The molecule has 7 heteroatoms. The first-order valence-corrected chi connectivity index (χ1v) is 11.5. The third kappa shape index (κ3) is 4.31. The second kappa shape index (κ2) is 8.97. The monoisotopic (exact) mass is 416 g/mol. The molecule has 1 N–H and O–H groups in total. The molecule has 1 aliphatic rings. The van der Waals surface area contributed by atoms with Crippen LogP contribution in [0.15, 0.2) is 41.3 Å². The number of nitrogens with zero attached hydrogens (tertiary/aromatic N) is 1. The molecule has 1 heterocycles. The van der Waals surface area contributed by atoms with Crippen LogP contribution >= 0.6 is 0 Å². The van der Waals surface area contributed by atoms with Gasteiger partial charge >= 0.3 is 0 Å². The Balaban J connectivity index is 1.99. The zero-order valence-corrected chi connectivity index (χ0v) is 18.0. The van der Waals surface area contributed by atoms with Crippen LogP contribution in [-0.4, -0.2) is 38.8 Å². The number of ether oxygens (including phenoxy) is 1. The summed E-state index contributed by atoms with van der Waals surface area (Å²) in [5.41, 5.74) is 3.08. The van der Waals surface area contributed by atoms with Gasteiger partial charge in [-0.3, -0.25) is 4.79 Å². The fraction of sp³-hybridized carbons (Fsp3) is 0.409. The van der Waals surface area contributed by atoms with Crippen LogP contribution in [0.25, 0.3) is 0 Å². The lowest BCUT2D eigenvalue weighted by Crippen LogP contribution is -2.28. The summed E-state index contributed by atoms with van der Waals surface area (Å²) in [5, 5.41) is 2.99. The molecule has 2 aromatic rings. The standard InChI is InChI=1S/C22H28N2O4S/c1-4-16-9-8-10-17(5-2)21(16)23-22(25)19-15-18(11-12-20(19)28-3)29(26,27)24-13-6-7-14-24/h8-12,15H,4-7,13-14H2,1-3H3,(H,23,25). The molecule has 1 fully saturated rings. The van der Waals surface area contributed by atoms with Crippen LogP contribution in [0.3, 0.4) is 0 Å². The molecule has 0 bridgehead atoms. The number of benzene rings is 2. The number of sulfonamides is 1. The molecule has 2 aromatic carbocycles. The molecule has 1 aliphatic heterocycles. The van der Waals surface area contributed by atoms with E-state index >= 15 is 0 Å². The first kappa shape index (κ1) is 21.3. The lowest BCUT2D eigenvalue weighted by Gasteiger charge is -2.18. The second-order valence-electron chi connectivity index (χ2n) is 7.09. The molecule has 0 spiro atoms. The van der Waals surface area contributed by atoms with Gasteiger partial charge < -0.3 is 10.1 Å². The fourth-order valence-electron chi connectivity index (χ4n) is 3.69. The SMILES string of the molecule is CCc1cccc(CC)c1NC(=O)c1cc(S(=O)(=O)N2CCCC2)ccc1OC. The largest absolute Gasteiger partial charge is 0.496 e. The number of nitrogens with one attached hydrogen (secondary N) is 1. The summed E-state index contributed by atoms with van der Waals surface area (Å²) in [4.78, 5) is 13.2. The molecular weight excluding hydrogens is 388 g/mol. The molecule has 1 amide bonds. The van der Waals surface area contributed by atoms with Crippen molar-refractivity contribution >= 4 is 21.6 Å². The molecule has 0 atom stereocenters. The Bertz CT molecular complexity index is 974. The number of anilines is 1. The molecule has 29 heavy (non-hydrogen) atoms. The molecule has 6 nitrogen and oxygen atoms in total. The first-order chi connectivity index (χ1) is 13.9. The van der Waals surface area contributed by atoms with Crippen LogP contribution in [0.2, 0.25) is 0 Å². The van der Waals surface area contributed by atoms with E-state index in [1.54, 1.807) is 6.07 Å². The van der Waals surface area contributed by atoms with Crippen molar-refractivity contribution < 1.29 is 17.9 Å². The quantitative estimate of drug-likeness (QED) is 0.744. The van der Waals surface area contributed by atoms with E-state index in [1.165, 1.54) is 23.5 Å². The second-order valence-corrected chi connectivity index (χ2v) is 9.02. The number of rotatable bonds is 7. The molecule has 0 saturated carbocycles. The van der Waals surface area contributed by atoms with E-state index in [1.807, 2.05) is 32.0 Å². The Morgan fingerprint density at radius 1 is 1.07 bits per heavy atom. The predicted octanol–water partition coefficient (Wildman–Crippen LogP) is 3.86. The van der Waals surface area contributed by atoms with Gasteiger partial charge in [-0.1, -0.05) is 32.0 Å². The molecule has 0 aromatic heterocycles. The van der Waals surface area contributed by atoms with Gasteiger partial charge in [0.2, 0.25) is 10.0 Å². The lowest BCUT2D eigenvalue weighted by atomic mass is 10.0. The van der Waals surface area contributed by atoms with Crippen molar-refractivity contribution in [2.24, 2.45) is 0 Å². The van der Waals surface area contributed by atoms with Gasteiger partial charge in [-0.05, 0) is 55.0 Å². The van der Waals surface area contributed by atoms with Gasteiger partial charge in [-0.15, -0.1) is 0 Å². The number of hydrogen-bond donors (Lipinski definition) is 1. The number of carbonyl (C=O) groups excluding carboxylic acids is 1. The van der Waals surface area contributed by atoms with Crippen molar-refractivity contribution in [3.05, 3.63) is 53.1 Å². The van der Waals surface area contributed by atoms with Crippen molar-refractivity contribution in [1.29, 1.82) is 0 Å². The van der Waals surface area contributed by atoms with Gasteiger partial charge in [-0.25, -0.2) is 8.42 Å². The van der Waals surface area contributed by atoms with Crippen LogP contribution < -0.4 is 10.1 Å². The summed E-state index contributed by atoms with van der Waals surface area (Å²) in [7, 11) is -2.15. The zero-order chi connectivity index (χ0) is 21.0. The van der Waals surface area contributed by atoms with Crippen LogP contribution in [0, 0.1) is 0 Å². The summed E-state index contributed by atoms with van der Waals surface area (Å²) in [6.45, 7) is 5.10. The summed E-state index contributed by atoms with van der Waals surface area (Å²) in [6, 6.07) is 10.4. The molecule has 156 valence electrons. The molecular formula is C22H28N2O4S. The van der Waals surface area contributed by atoms with Crippen LogP contribution in [0.4, 0.5) is 5.69 Å². The van der Waals surface area contributed by atoms with E-state index in [4.69, 9.17) is 4.74 Å². The van der Waals surface area contributed by atoms with E-state index < -0.39 is 10.0 Å². The van der Waals surface area contributed by atoms with Crippen molar-refractivity contribution in [1.82, 2.24) is 4.31 Å². The molecule has 3 rings (SSSR count). The highest BCUT2D eigenvalue weighted by Gasteiger charge is 2.28. The lowest BCUT2D eigenvalue weighted by molar-refractivity contribution is 0.102. The van der Waals surface area contributed by atoms with Crippen molar-refractivity contribution in [2.45, 2.75) is 44.4 Å². The van der Waals surface area contributed by atoms with E-state index in [9.17, 15) is 13.2 Å². The number of para-hydroxylation sites is 1. The topological polar surface area (TPSA) is 75.7 Å². The van der Waals surface area contributed by atoms with E-state index in [0.29, 0.717) is 18.8 Å². The number of aryl methyl sites for hydroxylation is 2. The minimum absolute atomic E-state index is 0.116. The van der Waals surface area contributed by atoms with Gasteiger partial charge in [0.25, 0.3) is 5.91 Å². The normalized spacial score (nSPS) is 14.7. The molecule has 0 radical (unpaired) electrons. The Hall–Kier alpha value is -2.38. The summed E-state index contributed by atoms with van der Waals surface area (Å²) in [5.74, 6) is -0.0363. The fourth-order valence-corrected chi connectivity index (χ4v) is 5.23. The minimum atomic E-state index is -3.62. The van der Waals surface area contributed by atoms with E-state index in [-0.39, 0.29) is 16.4 Å². The third-order valence-electron chi connectivity index (χ3n) is 5.36.